The van der Waals surface area contributed by atoms with Crippen LogP contribution in [-0.4, -0.2) is 12.8 Å². The number of hydrogen-bond acceptors (Lipinski definition) is 4. The largest absolute Gasteiger partial charge is 0.449 e. The molecule has 7 heteroatoms. The maximum Gasteiger partial charge on any atom is 0.413 e. The van der Waals surface area contributed by atoms with E-state index in [2.05, 4.69) is 10.3 Å². The summed E-state index contributed by atoms with van der Waals surface area (Å²) in [6, 6.07) is 4.64. The highest BCUT2D eigenvalue weighted by Crippen LogP contribution is 2.13. The van der Waals surface area contributed by atoms with E-state index in [1.807, 2.05) is 0 Å². The third-order valence-electron chi connectivity index (χ3n) is 1.36. The summed E-state index contributed by atoms with van der Waals surface area (Å²) in [5, 5.41) is 8.39. The number of alkyl halides is 3. The molecule has 0 saturated heterocycles. The average molecular weight is 220 g/mol. The molecule has 1 heterocycles. The SMILES string of the molecule is N#Cc1ccc(CNOCC(F)(F)F)o1. The summed E-state index contributed by atoms with van der Waals surface area (Å²) in [5.41, 5.74) is 2.07. The van der Waals surface area contributed by atoms with Gasteiger partial charge in [-0.3, -0.25) is 4.84 Å². The van der Waals surface area contributed by atoms with Crippen molar-refractivity contribution in [1.29, 1.82) is 5.26 Å². The van der Waals surface area contributed by atoms with Gasteiger partial charge in [-0.15, -0.1) is 0 Å². The normalized spacial score (nSPS) is 11.3. The zero-order valence-corrected chi connectivity index (χ0v) is 7.47. The predicted octanol–water partition coefficient (Wildman–Crippen LogP) is 1.73. The van der Waals surface area contributed by atoms with Crippen molar-refractivity contribution in [3.63, 3.8) is 0 Å². The van der Waals surface area contributed by atoms with Crippen LogP contribution >= 0.6 is 0 Å². The minimum absolute atomic E-state index is 0.0300. The van der Waals surface area contributed by atoms with Crippen molar-refractivity contribution in [2.45, 2.75) is 12.7 Å². The number of halogens is 3. The van der Waals surface area contributed by atoms with Crippen molar-refractivity contribution in [3.8, 4) is 6.07 Å². The Hall–Kier alpha value is -1.52. The molecule has 0 aliphatic rings. The van der Waals surface area contributed by atoms with Crippen molar-refractivity contribution >= 4 is 0 Å². The minimum atomic E-state index is -4.37. The minimum Gasteiger partial charge on any atom is -0.449 e. The summed E-state index contributed by atoms with van der Waals surface area (Å²) in [6.45, 7) is -1.41. The molecule has 0 aromatic carbocycles. The fourth-order valence-corrected chi connectivity index (χ4v) is 0.788. The van der Waals surface area contributed by atoms with Gasteiger partial charge in [0.25, 0.3) is 0 Å². The lowest BCUT2D eigenvalue weighted by atomic mass is 10.4. The van der Waals surface area contributed by atoms with Crippen molar-refractivity contribution < 1.29 is 22.4 Å². The summed E-state index contributed by atoms with van der Waals surface area (Å²) in [6.07, 6.45) is -4.37. The van der Waals surface area contributed by atoms with Crippen molar-refractivity contribution in [2.75, 3.05) is 6.61 Å². The van der Waals surface area contributed by atoms with Crippen LogP contribution in [0.25, 0.3) is 0 Å². The van der Waals surface area contributed by atoms with Crippen molar-refractivity contribution in [1.82, 2.24) is 5.48 Å². The average Bonchev–Trinajstić information content (AvgIpc) is 2.59. The monoisotopic (exact) mass is 220 g/mol. The first-order valence-corrected chi connectivity index (χ1v) is 3.91. The maximum absolute atomic E-state index is 11.6. The maximum atomic E-state index is 11.6. The summed E-state index contributed by atoms with van der Waals surface area (Å²) in [5.74, 6) is 0.427. The lowest BCUT2D eigenvalue weighted by molar-refractivity contribution is -0.190. The van der Waals surface area contributed by atoms with Crippen molar-refractivity contribution in [2.24, 2.45) is 0 Å². The van der Waals surface area contributed by atoms with Gasteiger partial charge < -0.3 is 4.42 Å². The van der Waals surface area contributed by atoms with Crippen LogP contribution in [0.3, 0.4) is 0 Å². The second-order valence-corrected chi connectivity index (χ2v) is 2.60. The fourth-order valence-electron chi connectivity index (χ4n) is 0.788. The molecule has 0 spiro atoms. The van der Waals surface area contributed by atoms with E-state index in [0.29, 0.717) is 5.76 Å². The summed E-state index contributed by atoms with van der Waals surface area (Å²) < 4.78 is 39.7. The second-order valence-electron chi connectivity index (χ2n) is 2.60. The van der Waals surface area contributed by atoms with Crippen LogP contribution in [0.15, 0.2) is 16.5 Å². The van der Waals surface area contributed by atoms with E-state index in [9.17, 15) is 13.2 Å². The van der Waals surface area contributed by atoms with Gasteiger partial charge in [0.2, 0.25) is 5.76 Å². The summed E-state index contributed by atoms with van der Waals surface area (Å²) in [7, 11) is 0. The Morgan fingerprint density at radius 3 is 2.73 bits per heavy atom. The zero-order valence-electron chi connectivity index (χ0n) is 7.47. The fraction of sp³-hybridized carbons (Fsp3) is 0.375. The van der Waals surface area contributed by atoms with Crippen molar-refractivity contribution in [3.05, 3.63) is 23.7 Å². The first kappa shape index (κ1) is 11.6. The lowest BCUT2D eigenvalue weighted by Gasteiger charge is -2.06. The van der Waals surface area contributed by atoms with E-state index >= 15 is 0 Å². The Labute approximate surface area is 83.2 Å². The molecular formula is C8H7F3N2O2. The lowest BCUT2D eigenvalue weighted by Crippen LogP contribution is -2.24. The summed E-state index contributed by atoms with van der Waals surface area (Å²) >= 11 is 0. The molecular weight excluding hydrogens is 213 g/mol. The van der Waals surface area contributed by atoms with E-state index in [-0.39, 0.29) is 12.3 Å². The van der Waals surface area contributed by atoms with Gasteiger partial charge in [-0.1, -0.05) is 0 Å². The molecule has 1 rings (SSSR count). The third-order valence-corrected chi connectivity index (χ3v) is 1.36. The Bertz CT molecular complexity index is 354. The summed E-state index contributed by atoms with van der Waals surface area (Å²) in [4.78, 5) is 4.13. The van der Waals surface area contributed by atoms with Gasteiger partial charge in [0, 0.05) is 0 Å². The quantitative estimate of drug-likeness (QED) is 0.620. The molecule has 0 saturated carbocycles. The molecule has 15 heavy (non-hydrogen) atoms. The molecule has 1 aromatic heterocycles. The highest BCUT2D eigenvalue weighted by molar-refractivity contribution is 5.18. The molecule has 0 aliphatic heterocycles. The van der Waals surface area contributed by atoms with E-state index in [4.69, 9.17) is 9.68 Å². The molecule has 1 N–H and O–H groups in total. The molecule has 0 atom stereocenters. The highest BCUT2D eigenvalue weighted by atomic mass is 19.4. The topological polar surface area (TPSA) is 58.2 Å². The van der Waals surface area contributed by atoms with Crippen LogP contribution in [0.5, 0.6) is 0 Å². The predicted molar refractivity (Wildman–Crippen MR) is 42.3 cm³/mol. The Kier molecular flexibility index (Phi) is 3.71. The number of nitriles is 1. The van der Waals surface area contributed by atoms with E-state index in [0.717, 1.165) is 0 Å². The molecule has 82 valence electrons. The number of hydrogen-bond donors (Lipinski definition) is 1. The number of nitrogens with zero attached hydrogens (tertiary/aromatic N) is 1. The molecule has 0 unspecified atom stereocenters. The van der Waals surface area contributed by atoms with Crippen LogP contribution in [0.1, 0.15) is 11.5 Å². The van der Waals surface area contributed by atoms with Crippen LogP contribution in [0.4, 0.5) is 13.2 Å². The number of hydroxylamine groups is 1. The van der Waals surface area contributed by atoms with Crippen LogP contribution in [0, 0.1) is 11.3 Å². The van der Waals surface area contributed by atoms with Gasteiger partial charge in [0.05, 0.1) is 6.54 Å². The van der Waals surface area contributed by atoms with Gasteiger partial charge >= 0.3 is 6.18 Å². The number of furan rings is 1. The Morgan fingerprint density at radius 2 is 2.20 bits per heavy atom. The van der Waals surface area contributed by atoms with E-state index < -0.39 is 12.8 Å². The zero-order chi connectivity index (χ0) is 11.3. The second kappa shape index (κ2) is 4.82. The van der Waals surface area contributed by atoms with Crippen LogP contribution in [0.2, 0.25) is 0 Å². The first-order valence-electron chi connectivity index (χ1n) is 3.91. The van der Waals surface area contributed by atoms with Gasteiger partial charge in [-0.2, -0.15) is 23.9 Å². The molecule has 4 nitrogen and oxygen atoms in total. The Balaban J connectivity index is 2.24. The van der Waals surface area contributed by atoms with Gasteiger partial charge in [0.1, 0.15) is 11.8 Å². The van der Waals surface area contributed by atoms with Crippen LogP contribution in [-0.2, 0) is 11.4 Å². The molecule has 0 bridgehead atoms. The molecule has 0 amide bonds. The van der Waals surface area contributed by atoms with E-state index in [1.54, 1.807) is 6.07 Å². The molecule has 1 aromatic rings. The molecule has 0 fully saturated rings. The van der Waals surface area contributed by atoms with Gasteiger partial charge in [0.15, 0.2) is 6.61 Å². The third kappa shape index (κ3) is 4.49. The smallest absolute Gasteiger partial charge is 0.413 e. The highest BCUT2D eigenvalue weighted by Gasteiger charge is 2.27. The number of nitrogens with one attached hydrogen (secondary N) is 1. The molecule has 0 aliphatic carbocycles. The van der Waals surface area contributed by atoms with E-state index in [1.165, 1.54) is 12.1 Å². The molecule has 0 radical (unpaired) electrons. The first-order chi connectivity index (χ1) is 7.01. The Morgan fingerprint density at radius 1 is 1.47 bits per heavy atom. The number of rotatable bonds is 4. The standard InChI is InChI=1S/C8H7F3N2O2/c9-8(10,11)5-14-13-4-7-2-1-6(3-12)15-7/h1-2,13H,4-5H2. The van der Waals surface area contributed by atoms with Gasteiger partial charge in [-0.05, 0) is 12.1 Å². The van der Waals surface area contributed by atoms with Gasteiger partial charge in [-0.25, -0.2) is 0 Å². The van der Waals surface area contributed by atoms with Crippen LogP contribution < -0.4 is 5.48 Å².